The molecule has 5 nitrogen and oxygen atoms in total. The van der Waals surface area contributed by atoms with Crippen LogP contribution in [0.3, 0.4) is 0 Å². The Morgan fingerprint density at radius 3 is 2.66 bits per heavy atom. The van der Waals surface area contributed by atoms with Gasteiger partial charge in [0.2, 0.25) is 5.88 Å². The highest BCUT2D eigenvalue weighted by molar-refractivity contribution is 6.32. The van der Waals surface area contributed by atoms with E-state index < -0.39 is 11.4 Å². The summed E-state index contributed by atoms with van der Waals surface area (Å²) < 4.78 is 20.2. The third-order valence-electron chi connectivity index (χ3n) is 4.31. The van der Waals surface area contributed by atoms with E-state index in [0.29, 0.717) is 33.6 Å². The van der Waals surface area contributed by atoms with Gasteiger partial charge in [0, 0.05) is 6.07 Å². The molecule has 0 amide bonds. The molecular formula is C22H15ClFN3O2. The molecule has 0 saturated heterocycles. The van der Waals surface area contributed by atoms with Crippen LogP contribution in [0.1, 0.15) is 11.5 Å². The number of ether oxygens (including phenoxy) is 1. The van der Waals surface area contributed by atoms with Gasteiger partial charge in [0.25, 0.3) is 5.56 Å². The van der Waals surface area contributed by atoms with E-state index in [0.717, 1.165) is 0 Å². The molecule has 2 aromatic heterocycles. The molecule has 144 valence electrons. The molecule has 4 rings (SSSR count). The molecule has 0 unspecified atom stereocenters. The van der Waals surface area contributed by atoms with Gasteiger partial charge >= 0.3 is 0 Å². The van der Waals surface area contributed by atoms with Crippen LogP contribution in [-0.2, 0) is 0 Å². The number of rotatable bonds is 4. The Kier molecular flexibility index (Phi) is 5.10. The molecule has 0 N–H and O–H groups in total. The van der Waals surface area contributed by atoms with Crippen molar-refractivity contribution in [3.63, 3.8) is 0 Å². The summed E-state index contributed by atoms with van der Waals surface area (Å²) >= 11 is 6.33. The predicted molar refractivity (Wildman–Crippen MR) is 112 cm³/mol. The van der Waals surface area contributed by atoms with Crippen LogP contribution in [-0.4, -0.2) is 21.6 Å². The molecule has 0 aliphatic rings. The number of pyridine rings is 1. The molecule has 2 aromatic carbocycles. The van der Waals surface area contributed by atoms with Gasteiger partial charge in [-0.25, -0.2) is 14.4 Å². The molecular weight excluding hydrogens is 393 g/mol. The van der Waals surface area contributed by atoms with E-state index in [1.54, 1.807) is 48.6 Å². The minimum Gasteiger partial charge on any atom is -0.481 e. The number of aromatic nitrogens is 3. The van der Waals surface area contributed by atoms with Crippen molar-refractivity contribution >= 4 is 34.7 Å². The number of methoxy groups -OCH3 is 1. The van der Waals surface area contributed by atoms with Crippen molar-refractivity contribution in [3.8, 4) is 11.6 Å². The van der Waals surface area contributed by atoms with E-state index in [4.69, 9.17) is 16.3 Å². The van der Waals surface area contributed by atoms with Crippen molar-refractivity contribution in [1.82, 2.24) is 14.5 Å². The number of halogens is 2. The summed E-state index contributed by atoms with van der Waals surface area (Å²) in [5.74, 6) is 0.301. The van der Waals surface area contributed by atoms with Crippen LogP contribution >= 0.6 is 11.6 Å². The van der Waals surface area contributed by atoms with E-state index in [1.165, 1.54) is 29.9 Å². The highest BCUT2D eigenvalue weighted by Crippen LogP contribution is 2.22. The van der Waals surface area contributed by atoms with Crippen molar-refractivity contribution in [1.29, 1.82) is 0 Å². The lowest BCUT2D eigenvalue weighted by Gasteiger charge is -2.12. The maximum atomic E-state index is 13.7. The maximum absolute atomic E-state index is 13.7. The van der Waals surface area contributed by atoms with Gasteiger partial charge in [-0.15, -0.1) is 0 Å². The molecule has 29 heavy (non-hydrogen) atoms. The first-order valence-corrected chi connectivity index (χ1v) is 9.11. The van der Waals surface area contributed by atoms with Crippen molar-refractivity contribution in [2.75, 3.05) is 7.11 Å². The number of para-hydroxylation sites is 1. The second kappa shape index (κ2) is 7.85. The van der Waals surface area contributed by atoms with E-state index in [9.17, 15) is 9.18 Å². The Labute approximate surface area is 170 Å². The first kappa shape index (κ1) is 18.8. The number of benzene rings is 2. The Morgan fingerprint density at radius 1 is 1.03 bits per heavy atom. The standard InChI is InChI=1S/C22H15ClFN3O2/c1-29-21-8-4-5-15(25-21)10-12-20-26-18-11-9-14(24)13-16(18)22(28)27(20)19-7-3-2-6-17(19)23/h2-13H,1H3. The van der Waals surface area contributed by atoms with E-state index >= 15 is 0 Å². The smallest absolute Gasteiger partial charge is 0.266 e. The van der Waals surface area contributed by atoms with Crippen LogP contribution in [0, 0.1) is 5.82 Å². The third-order valence-corrected chi connectivity index (χ3v) is 4.63. The zero-order valence-corrected chi connectivity index (χ0v) is 16.1. The average molecular weight is 408 g/mol. The predicted octanol–water partition coefficient (Wildman–Crippen LogP) is 4.75. The Morgan fingerprint density at radius 2 is 1.86 bits per heavy atom. The molecule has 0 aliphatic carbocycles. The monoisotopic (exact) mass is 407 g/mol. The summed E-state index contributed by atoms with van der Waals surface area (Å²) in [6.07, 6.45) is 3.38. The van der Waals surface area contributed by atoms with Gasteiger partial charge in [0.15, 0.2) is 0 Å². The summed E-state index contributed by atoms with van der Waals surface area (Å²) in [5, 5.41) is 0.544. The first-order valence-electron chi connectivity index (χ1n) is 8.73. The number of nitrogens with zero attached hydrogens (tertiary/aromatic N) is 3. The lowest BCUT2D eigenvalue weighted by Crippen LogP contribution is -2.22. The Hall–Kier alpha value is -3.51. The number of hydrogen-bond acceptors (Lipinski definition) is 4. The zero-order chi connectivity index (χ0) is 20.4. The lowest BCUT2D eigenvalue weighted by atomic mass is 10.2. The largest absolute Gasteiger partial charge is 0.481 e. The fourth-order valence-electron chi connectivity index (χ4n) is 2.95. The van der Waals surface area contributed by atoms with Crippen molar-refractivity contribution in [2.45, 2.75) is 0 Å². The summed E-state index contributed by atoms with van der Waals surface area (Å²) in [4.78, 5) is 22.1. The van der Waals surface area contributed by atoms with Crippen molar-refractivity contribution in [3.05, 3.63) is 93.4 Å². The molecule has 0 atom stereocenters. The molecule has 0 bridgehead atoms. The quantitative estimate of drug-likeness (QED) is 0.489. The molecule has 7 heteroatoms. The molecule has 0 spiro atoms. The molecule has 2 heterocycles. The lowest BCUT2D eigenvalue weighted by molar-refractivity contribution is 0.397. The number of fused-ring (bicyclic) bond motifs is 1. The SMILES string of the molecule is COc1cccc(C=Cc2nc3ccc(F)cc3c(=O)n2-c2ccccc2Cl)n1. The summed E-state index contributed by atoms with van der Waals surface area (Å²) in [7, 11) is 1.54. The normalized spacial score (nSPS) is 11.3. The van der Waals surface area contributed by atoms with E-state index in [-0.39, 0.29) is 5.39 Å². The highest BCUT2D eigenvalue weighted by atomic mass is 35.5. The van der Waals surface area contributed by atoms with Gasteiger partial charge in [-0.05, 0) is 48.6 Å². The van der Waals surface area contributed by atoms with Crippen molar-refractivity contribution in [2.24, 2.45) is 0 Å². The van der Waals surface area contributed by atoms with Crippen LogP contribution in [0.15, 0.2) is 65.5 Å². The minimum absolute atomic E-state index is 0.168. The molecule has 0 saturated carbocycles. The minimum atomic E-state index is -0.508. The maximum Gasteiger partial charge on any atom is 0.266 e. The van der Waals surface area contributed by atoms with E-state index in [1.807, 2.05) is 6.07 Å². The van der Waals surface area contributed by atoms with Crippen molar-refractivity contribution < 1.29 is 9.13 Å². The number of hydrogen-bond donors (Lipinski definition) is 0. The van der Waals surface area contributed by atoms with Crippen LogP contribution in [0.4, 0.5) is 4.39 Å². The molecule has 4 aromatic rings. The van der Waals surface area contributed by atoms with Crippen LogP contribution in [0.25, 0.3) is 28.7 Å². The zero-order valence-electron chi connectivity index (χ0n) is 15.3. The fraction of sp³-hybridized carbons (Fsp3) is 0.0455. The third kappa shape index (κ3) is 3.75. The second-order valence-corrected chi connectivity index (χ2v) is 6.57. The van der Waals surface area contributed by atoms with Gasteiger partial charge in [0.05, 0.1) is 34.4 Å². The van der Waals surface area contributed by atoms with Gasteiger partial charge in [-0.2, -0.15) is 0 Å². The summed E-state index contributed by atoms with van der Waals surface area (Å²) in [5.41, 5.74) is 1.05. The van der Waals surface area contributed by atoms with Gasteiger partial charge < -0.3 is 4.74 Å². The Balaban J connectivity index is 1.95. The summed E-state index contributed by atoms with van der Waals surface area (Å²) in [6.45, 7) is 0. The fourth-order valence-corrected chi connectivity index (χ4v) is 3.17. The first-order chi connectivity index (χ1) is 14.1. The van der Waals surface area contributed by atoms with Crippen LogP contribution in [0.5, 0.6) is 5.88 Å². The Bertz CT molecular complexity index is 1300. The molecule has 0 radical (unpaired) electrons. The second-order valence-electron chi connectivity index (χ2n) is 6.16. The van der Waals surface area contributed by atoms with Gasteiger partial charge in [0.1, 0.15) is 11.6 Å². The average Bonchev–Trinajstić information content (AvgIpc) is 2.74. The topological polar surface area (TPSA) is 57.0 Å². The summed E-state index contributed by atoms with van der Waals surface area (Å²) in [6, 6.07) is 16.2. The highest BCUT2D eigenvalue weighted by Gasteiger charge is 2.14. The van der Waals surface area contributed by atoms with Gasteiger partial charge in [-0.3, -0.25) is 9.36 Å². The van der Waals surface area contributed by atoms with Crippen LogP contribution < -0.4 is 10.3 Å². The van der Waals surface area contributed by atoms with E-state index in [2.05, 4.69) is 9.97 Å². The molecule has 0 aliphatic heterocycles. The molecule has 0 fully saturated rings. The van der Waals surface area contributed by atoms with Gasteiger partial charge in [-0.1, -0.05) is 29.8 Å². The van der Waals surface area contributed by atoms with Crippen LogP contribution in [0.2, 0.25) is 5.02 Å².